The highest BCUT2D eigenvalue weighted by Gasteiger charge is 2.59. The lowest BCUT2D eigenvalue weighted by Crippen LogP contribution is -2.60. The van der Waals surface area contributed by atoms with Gasteiger partial charge in [0.1, 0.15) is 31.0 Å². The maximum absolute atomic E-state index is 12.7. The molecule has 364 valence electrons. The predicted molar refractivity (Wildman–Crippen MR) is 262 cm³/mol. The molecule has 0 spiro atoms. The Morgan fingerprint density at radius 3 is 2.14 bits per heavy atom. The second-order valence-electron chi connectivity index (χ2n) is 21.8. The average Bonchev–Trinajstić information content (AvgIpc) is 3.64. The number of hydrogen-bond acceptors (Lipinski definition) is 7. The van der Waals surface area contributed by atoms with Crippen molar-refractivity contribution in [2.24, 2.45) is 52.3 Å². The number of carbonyl (C=O) groups is 1. The Morgan fingerprint density at radius 1 is 0.781 bits per heavy atom. The van der Waals surface area contributed by atoms with E-state index in [-0.39, 0.29) is 24.1 Å². The van der Waals surface area contributed by atoms with Crippen LogP contribution < -0.4 is 0 Å². The molecule has 64 heavy (non-hydrogen) atoms. The zero-order chi connectivity index (χ0) is 46.1. The van der Waals surface area contributed by atoms with Gasteiger partial charge in [-0.3, -0.25) is 4.79 Å². The Bertz CT molecular complexity index is 1530. The van der Waals surface area contributed by atoms with Crippen LogP contribution in [0.2, 0.25) is 0 Å². The van der Waals surface area contributed by atoms with Gasteiger partial charge in [0.25, 0.3) is 0 Å². The number of ether oxygens (including phenoxy) is 3. The van der Waals surface area contributed by atoms with Crippen LogP contribution in [0.25, 0.3) is 0 Å². The van der Waals surface area contributed by atoms with Gasteiger partial charge in [0, 0.05) is 6.42 Å². The molecule has 0 radical (unpaired) electrons. The summed E-state index contributed by atoms with van der Waals surface area (Å²) in [5.41, 5.74) is 2.04. The fourth-order valence-electron chi connectivity index (χ4n) is 13.1. The van der Waals surface area contributed by atoms with Gasteiger partial charge in [0.05, 0.1) is 6.10 Å². The molecule has 1 aliphatic heterocycles. The molecule has 5 rings (SSSR count). The summed E-state index contributed by atoms with van der Waals surface area (Å²) in [7, 11) is 0. The minimum atomic E-state index is -1.45. The molecule has 0 aromatic rings. The topological polar surface area (TPSA) is 105 Å². The lowest BCUT2D eigenvalue weighted by atomic mass is 9.47. The third kappa shape index (κ3) is 14.3. The zero-order valence-corrected chi connectivity index (χ0v) is 41.6. The molecule has 5 aliphatic rings. The Labute approximate surface area is 391 Å². The molecular formula is C57H94O7. The number of unbranched alkanes of at least 4 members (excludes halogenated alkanes) is 9. The standard InChI is InChI=1S/C57H94O7/c1-8-10-11-12-13-14-15-16-17-18-19-20-21-22-23-24-25-26-27-28-51(58)62-40-50-52(59)53(60)54(61)55(64-50)63-45-35-37-56(6)44(39-45)31-32-46-48-34-33-47(57(48,7)38-36-49(46)56)42(5)29-30-43(9-2)41(3)4/h10-11,13-14,16-17,29-31,41-43,45-50,52-55,59-61H,8-9,12,15,18-28,32-40H2,1-7H3/b11-10-,14-13-,17-16-,30-29+/t42-,43-,45+,46+,47-,48+,49+,50?,52-,53?,54?,55-,56+,57-/m1/s1. The Kier molecular flexibility index (Phi) is 21.9. The van der Waals surface area contributed by atoms with Gasteiger partial charge in [-0.1, -0.05) is 154 Å². The third-order valence-electron chi connectivity index (χ3n) is 17.2. The van der Waals surface area contributed by atoms with E-state index in [4.69, 9.17) is 14.2 Å². The van der Waals surface area contributed by atoms with E-state index in [0.29, 0.717) is 35.5 Å². The molecule has 3 N–H and O–H groups in total. The monoisotopic (exact) mass is 891 g/mol. The Hall–Kier alpha value is -2.03. The number of hydrogen-bond donors (Lipinski definition) is 3. The lowest BCUT2D eigenvalue weighted by molar-refractivity contribution is -0.313. The molecule has 1 heterocycles. The first-order valence-corrected chi connectivity index (χ1v) is 26.7. The molecular weight excluding hydrogens is 797 g/mol. The molecule has 0 aromatic heterocycles. The quantitative estimate of drug-likeness (QED) is 0.0451. The van der Waals surface area contributed by atoms with Gasteiger partial charge in [-0.05, 0) is 149 Å². The minimum absolute atomic E-state index is 0.152. The number of aliphatic hydroxyl groups excluding tert-OH is 3. The first-order chi connectivity index (χ1) is 30.8. The van der Waals surface area contributed by atoms with E-state index in [2.05, 4.69) is 103 Å². The van der Waals surface area contributed by atoms with Gasteiger partial charge in [-0.2, -0.15) is 0 Å². The highest BCUT2D eigenvalue weighted by molar-refractivity contribution is 5.69. The number of esters is 1. The molecule has 0 amide bonds. The van der Waals surface area contributed by atoms with Crippen LogP contribution in [0.1, 0.15) is 196 Å². The molecule has 4 aliphatic carbocycles. The molecule has 7 heteroatoms. The molecule has 1 saturated heterocycles. The van der Waals surface area contributed by atoms with Crippen LogP contribution in [0.5, 0.6) is 0 Å². The highest BCUT2D eigenvalue weighted by atomic mass is 16.7. The van der Waals surface area contributed by atoms with E-state index in [1.807, 2.05) is 0 Å². The highest BCUT2D eigenvalue weighted by Crippen LogP contribution is 2.67. The molecule has 14 atom stereocenters. The van der Waals surface area contributed by atoms with Crippen molar-refractivity contribution in [1.82, 2.24) is 0 Å². The summed E-state index contributed by atoms with van der Waals surface area (Å²) in [4.78, 5) is 12.7. The maximum atomic E-state index is 12.7. The van der Waals surface area contributed by atoms with E-state index >= 15 is 0 Å². The molecule has 0 aromatic carbocycles. The van der Waals surface area contributed by atoms with E-state index < -0.39 is 30.7 Å². The molecule has 3 saturated carbocycles. The van der Waals surface area contributed by atoms with Crippen LogP contribution in [0, 0.1) is 52.3 Å². The molecule has 3 unspecified atom stereocenters. The maximum Gasteiger partial charge on any atom is 0.305 e. The lowest BCUT2D eigenvalue weighted by Gasteiger charge is -2.58. The van der Waals surface area contributed by atoms with Crippen LogP contribution in [-0.4, -0.2) is 64.7 Å². The number of aliphatic hydroxyl groups is 3. The van der Waals surface area contributed by atoms with Crippen molar-refractivity contribution in [3.63, 3.8) is 0 Å². The SMILES string of the molecule is CC/C=C\C/C=C\C/C=C\CCCCCCCCCCCC(=O)OCC1O[C@@H](O[C@H]2CC[C@@]3(C)C(=CC[C@H]4[C@@H]5CC[C@H]([C@H](C)/C=C/[C@@H](CC)C(C)C)[C@@]5(C)CC[C@@H]43)C2)C(O)C(O)[C@@H]1O. The summed E-state index contributed by atoms with van der Waals surface area (Å²) in [5, 5.41) is 32.6. The molecule has 4 fully saturated rings. The van der Waals surface area contributed by atoms with Crippen LogP contribution in [0.4, 0.5) is 0 Å². The molecule has 0 bridgehead atoms. The van der Waals surface area contributed by atoms with Crippen molar-refractivity contribution in [3.8, 4) is 0 Å². The summed E-state index contributed by atoms with van der Waals surface area (Å²) < 4.78 is 18.1. The van der Waals surface area contributed by atoms with Gasteiger partial charge in [0.15, 0.2) is 6.29 Å². The Morgan fingerprint density at radius 2 is 1.45 bits per heavy atom. The van der Waals surface area contributed by atoms with Gasteiger partial charge in [-0.25, -0.2) is 0 Å². The van der Waals surface area contributed by atoms with E-state index in [1.165, 1.54) is 82.6 Å². The van der Waals surface area contributed by atoms with Crippen LogP contribution in [0.3, 0.4) is 0 Å². The number of rotatable bonds is 26. The number of carbonyl (C=O) groups excluding carboxylic acids is 1. The summed E-state index contributed by atoms with van der Waals surface area (Å²) in [6.45, 7) is 16.6. The summed E-state index contributed by atoms with van der Waals surface area (Å²) >= 11 is 0. The second kappa shape index (κ2) is 26.5. The van der Waals surface area contributed by atoms with Crippen molar-refractivity contribution in [1.29, 1.82) is 0 Å². The fourth-order valence-corrected chi connectivity index (χ4v) is 13.1. The van der Waals surface area contributed by atoms with Gasteiger partial charge in [0.2, 0.25) is 0 Å². The van der Waals surface area contributed by atoms with Crippen molar-refractivity contribution in [2.75, 3.05) is 6.61 Å². The predicted octanol–water partition coefficient (Wildman–Crippen LogP) is 13.3. The van der Waals surface area contributed by atoms with Crippen molar-refractivity contribution in [2.45, 2.75) is 233 Å². The third-order valence-corrected chi connectivity index (χ3v) is 17.2. The smallest absolute Gasteiger partial charge is 0.305 e. The van der Waals surface area contributed by atoms with E-state index in [0.717, 1.165) is 82.0 Å². The fraction of sp³-hybridized carbons (Fsp3) is 0.807. The number of allylic oxidation sites excluding steroid dienone is 9. The van der Waals surface area contributed by atoms with Gasteiger partial charge >= 0.3 is 5.97 Å². The Balaban J connectivity index is 0.979. The number of fused-ring (bicyclic) bond motifs is 5. The molecule has 7 nitrogen and oxygen atoms in total. The zero-order valence-electron chi connectivity index (χ0n) is 41.6. The van der Waals surface area contributed by atoms with Crippen LogP contribution in [0.15, 0.2) is 60.3 Å². The van der Waals surface area contributed by atoms with Crippen LogP contribution in [-0.2, 0) is 19.0 Å². The summed E-state index contributed by atoms with van der Waals surface area (Å²) in [5.74, 6) is 4.59. The van der Waals surface area contributed by atoms with Gasteiger partial charge in [-0.15, -0.1) is 0 Å². The summed E-state index contributed by atoms with van der Waals surface area (Å²) in [6, 6.07) is 0. The second-order valence-corrected chi connectivity index (χ2v) is 21.8. The first kappa shape index (κ1) is 52.9. The van der Waals surface area contributed by atoms with E-state index in [9.17, 15) is 20.1 Å². The van der Waals surface area contributed by atoms with E-state index in [1.54, 1.807) is 0 Å². The van der Waals surface area contributed by atoms with Crippen molar-refractivity contribution >= 4 is 5.97 Å². The normalized spacial score (nSPS) is 35.3. The van der Waals surface area contributed by atoms with Crippen molar-refractivity contribution in [3.05, 3.63) is 60.3 Å². The van der Waals surface area contributed by atoms with Crippen molar-refractivity contribution < 1.29 is 34.3 Å². The average molecular weight is 891 g/mol. The minimum Gasteiger partial charge on any atom is -0.463 e. The summed E-state index contributed by atoms with van der Waals surface area (Å²) in [6.07, 6.45) is 40.1. The largest absolute Gasteiger partial charge is 0.463 e. The van der Waals surface area contributed by atoms with Gasteiger partial charge < -0.3 is 29.5 Å². The first-order valence-electron chi connectivity index (χ1n) is 26.7. The van der Waals surface area contributed by atoms with Crippen LogP contribution >= 0.6 is 0 Å².